The minimum atomic E-state index is -0.239. The van der Waals surface area contributed by atoms with E-state index in [-0.39, 0.29) is 11.9 Å². The summed E-state index contributed by atoms with van der Waals surface area (Å²) in [6.45, 7) is 0. The highest BCUT2D eigenvalue weighted by Gasteiger charge is 2.20. The molecule has 0 aromatic heterocycles. The normalized spacial score (nSPS) is 18.5. The molecule has 0 bridgehead atoms. The third kappa shape index (κ3) is 4.16. The van der Waals surface area contributed by atoms with Crippen molar-refractivity contribution in [1.82, 2.24) is 5.43 Å². The van der Waals surface area contributed by atoms with E-state index in [9.17, 15) is 4.39 Å². The van der Waals surface area contributed by atoms with Gasteiger partial charge >= 0.3 is 0 Å². The molecule has 0 heterocycles. The number of hydrazine groups is 1. The first-order valence-corrected chi connectivity index (χ1v) is 7.47. The number of halogens is 2. The molecule has 0 saturated heterocycles. The van der Waals surface area contributed by atoms with E-state index in [0.717, 1.165) is 6.42 Å². The maximum absolute atomic E-state index is 13.8. The third-order valence-corrected chi connectivity index (χ3v) is 4.44. The molecule has 1 aliphatic rings. The Kier molecular flexibility index (Phi) is 5.61. The highest BCUT2D eigenvalue weighted by Crippen LogP contribution is 2.29. The largest absolute Gasteiger partial charge is 0.271 e. The lowest BCUT2D eigenvalue weighted by molar-refractivity contribution is 0.297. The molecule has 1 fully saturated rings. The lowest BCUT2D eigenvalue weighted by Crippen LogP contribution is -2.38. The van der Waals surface area contributed by atoms with E-state index in [1.54, 1.807) is 12.1 Å². The second-order valence-corrected chi connectivity index (χ2v) is 5.91. The maximum atomic E-state index is 13.8. The van der Waals surface area contributed by atoms with Gasteiger partial charge in [0.15, 0.2) is 0 Å². The summed E-state index contributed by atoms with van der Waals surface area (Å²) in [5.41, 5.74) is 3.40. The third-order valence-electron chi connectivity index (χ3n) is 4.09. The molecule has 0 aliphatic heterocycles. The van der Waals surface area contributed by atoms with Crippen LogP contribution in [-0.4, -0.2) is 6.04 Å². The topological polar surface area (TPSA) is 38.0 Å². The first kappa shape index (κ1) is 14.8. The standard InChI is InChI=1S/C15H22ClFN2/c16-14-7-4-8-15(17)13(14)10-12(19-18)9-11-5-2-1-3-6-11/h4,7-8,11-12,19H,1-3,5-6,9-10,18H2. The molecule has 4 heteroatoms. The molecular formula is C15H22ClFN2. The first-order valence-electron chi connectivity index (χ1n) is 7.09. The summed E-state index contributed by atoms with van der Waals surface area (Å²) in [6.07, 6.45) is 8.05. The van der Waals surface area contributed by atoms with Crippen molar-refractivity contribution in [2.75, 3.05) is 0 Å². The Bertz CT molecular complexity index is 385. The van der Waals surface area contributed by atoms with Crippen molar-refractivity contribution >= 4 is 11.6 Å². The van der Waals surface area contributed by atoms with Gasteiger partial charge in [-0.25, -0.2) is 4.39 Å². The van der Waals surface area contributed by atoms with E-state index < -0.39 is 0 Å². The Morgan fingerprint density at radius 3 is 2.68 bits per heavy atom. The molecule has 1 aromatic carbocycles. The van der Waals surface area contributed by atoms with Gasteiger partial charge in [-0.3, -0.25) is 11.3 Å². The molecule has 1 aliphatic carbocycles. The number of benzene rings is 1. The number of nitrogens with one attached hydrogen (secondary N) is 1. The smallest absolute Gasteiger partial charge is 0.127 e. The van der Waals surface area contributed by atoms with Gasteiger partial charge in [-0.15, -0.1) is 0 Å². The molecule has 3 N–H and O–H groups in total. The van der Waals surface area contributed by atoms with E-state index in [4.69, 9.17) is 17.4 Å². The summed E-state index contributed by atoms with van der Waals surface area (Å²) >= 11 is 6.06. The highest BCUT2D eigenvalue weighted by atomic mass is 35.5. The first-order chi connectivity index (χ1) is 9.20. The monoisotopic (exact) mass is 284 g/mol. The Balaban J connectivity index is 1.98. The average molecular weight is 285 g/mol. The van der Waals surface area contributed by atoms with Crippen molar-refractivity contribution in [2.45, 2.75) is 51.0 Å². The van der Waals surface area contributed by atoms with Gasteiger partial charge in [-0.05, 0) is 30.9 Å². The zero-order valence-electron chi connectivity index (χ0n) is 11.2. The fraction of sp³-hybridized carbons (Fsp3) is 0.600. The van der Waals surface area contributed by atoms with E-state index in [1.165, 1.54) is 38.2 Å². The summed E-state index contributed by atoms with van der Waals surface area (Å²) < 4.78 is 13.8. The minimum Gasteiger partial charge on any atom is -0.271 e. The molecule has 2 nitrogen and oxygen atoms in total. The van der Waals surface area contributed by atoms with Crippen molar-refractivity contribution in [3.63, 3.8) is 0 Å². The predicted molar refractivity (Wildman–Crippen MR) is 77.4 cm³/mol. The molecule has 2 rings (SSSR count). The average Bonchev–Trinajstić information content (AvgIpc) is 2.43. The van der Waals surface area contributed by atoms with Crippen LogP contribution < -0.4 is 11.3 Å². The molecule has 0 amide bonds. The fourth-order valence-electron chi connectivity index (χ4n) is 3.01. The fourth-order valence-corrected chi connectivity index (χ4v) is 3.25. The lowest BCUT2D eigenvalue weighted by atomic mass is 9.83. The van der Waals surface area contributed by atoms with Gasteiger partial charge in [0.2, 0.25) is 0 Å². The Hall–Kier alpha value is -0.640. The van der Waals surface area contributed by atoms with Crippen molar-refractivity contribution in [2.24, 2.45) is 11.8 Å². The van der Waals surface area contributed by atoms with Crippen LogP contribution in [0.3, 0.4) is 0 Å². The summed E-state index contributed by atoms with van der Waals surface area (Å²) in [4.78, 5) is 0. The molecule has 1 aromatic rings. The number of rotatable bonds is 5. The molecule has 0 spiro atoms. The van der Waals surface area contributed by atoms with Crippen molar-refractivity contribution in [3.8, 4) is 0 Å². The van der Waals surface area contributed by atoms with Crippen LogP contribution in [0.2, 0.25) is 5.02 Å². The molecule has 0 radical (unpaired) electrons. The second-order valence-electron chi connectivity index (χ2n) is 5.51. The molecule has 1 atom stereocenters. The Morgan fingerprint density at radius 1 is 1.32 bits per heavy atom. The van der Waals surface area contributed by atoms with E-state index >= 15 is 0 Å². The van der Waals surface area contributed by atoms with Crippen LogP contribution in [0.4, 0.5) is 4.39 Å². The van der Waals surface area contributed by atoms with Crippen LogP contribution >= 0.6 is 11.6 Å². The van der Waals surface area contributed by atoms with Gasteiger partial charge < -0.3 is 0 Å². The highest BCUT2D eigenvalue weighted by molar-refractivity contribution is 6.31. The van der Waals surface area contributed by atoms with E-state index in [1.807, 2.05) is 0 Å². The van der Waals surface area contributed by atoms with Crippen molar-refractivity contribution < 1.29 is 4.39 Å². The van der Waals surface area contributed by atoms with Crippen molar-refractivity contribution in [3.05, 3.63) is 34.6 Å². The summed E-state index contributed by atoms with van der Waals surface area (Å²) in [5, 5.41) is 0.490. The summed E-state index contributed by atoms with van der Waals surface area (Å²) in [7, 11) is 0. The molecular weight excluding hydrogens is 263 g/mol. The SMILES string of the molecule is NNC(Cc1c(F)cccc1Cl)CC1CCCCC1. The van der Waals surface area contributed by atoms with Gasteiger partial charge in [0.1, 0.15) is 5.82 Å². The van der Waals surface area contributed by atoms with Gasteiger partial charge in [0.05, 0.1) is 0 Å². The van der Waals surface area contributed by atoms with Crippen LogP contribution in [0.25, 0.3) is 0 Å². The summed E-state index contributed by atoms with van der Waals surface area (Å²) in [5.74, 6) is 6.09. The molecule has 106 valence electrons. The number of hydrogen-bond acceptors (Lipinski definition) is 2. The maximum Gasteiger partial charge on any atom is 0.127 e. The van der Waals surface area contributed by atoms with Crippen LogP contribution in [0.15, 0.2) is 18.2 Å². The van der Waals surface area contributed by atoms with Crippen LogP contribution in [-0.2, 0) is 6.42 Å². The minimum absolute atomic E-state index is 0.0949. The molecule has 1 unspecified atom stereocenters. The van der Waals surface area contributed by atoms with Gasteiger partial charge in [-0.1, -0.05) is 49.8 Å². The number of nitrogens with two attached hydrogens (primary N) is 1. The second kappa shape index (κ2) is 7.22. The Morgan fingerprint density at radius 2 is 2.05 bits per heavy atom. The zero-order chi connectivity index (χ0) is 13.7. The van der Waals surface area contributed by atoms with Gasteiger partial charge in [0.25, 0.3) is 0 Å². The number of hydrogen-bond donors (Lipinski definition) is 2. The molecule has 19 heavy (non-hydrogen) atoms. The van der Waals surface area contributed by atoms with Crippen LogP contribution in [0.1, 0.15) is 44.1 Å². The van der Waals surface area contributed by atoms with E-state index in [2.05, 4.69) is 5.43 Å². The molecule has 1 saturated carbocycles. The van der Waals surface area contributed by atoms with Crippen LogP contribution in [0.5, 0.6) is 0 Å². The summed E-state index contributed by atoms with van der Waals surface area (Å²) in [6, 6.07) is 4.91. The van der Waals surface area contributed by atoms with Gasteiger partial charge in [-0.2, -0.15) is 0 Å². The predicted octanol–water partition coefficient (Wildman–Crippen LogP) is 3.82. The lowest BCUT2D eigenvalue weighted by Gasteiger charge is -2.26. The Labute approximate surface area is 119 Å². The quantitative estimate of drug-likeness (QED) is 0.637. The van der Waals surface area contributed by atoms with Crippen LogP contribution in [0, 0.1) is 11.7 Å². The van der Waals surface area contributed by atoms with E-state index in [0.29, 0.717) is 22.9 Å². The zero-order valence-corrected chi connectivity index (χ0v) is 11.9. The van der Waals surface area contributed by atoms with Gasteiger partial charge in [0, 0.05) is 16.6 Å². The van der Waals surface area contributed by atoms with Crippen molar-refractivity contribution in [1.29, 1.82) is 0 Å².